The molecule has 2 aromatic carbocycles. The Morgan fingerprint density at radius 2 is 1.79 bits per heavy atom. The first-order valence-electron chi connectivity index (χ1n) is 12.1. The van der Waals surface area contributed by atoms with Gasteiger partial charge >= 0.3 is 0 Å². The standard InChI is InChI=1S/C28H36N2O3/c1-21(17-22-9-5-4-6-10-22)19-29(20-25-13-8-16-30(25)24-11-7-12-24)28(31)23-14-15-26(32-2)27(18-23)33-3/h4-6,9-10,14-15,17-18,24-25H,7-8,11-13,16,19-20H2,1-3H3. The molecule has 1 aliphatic heterocycles. The molecular formula is C28H36N2O3. The lowest BCUT2D eigenvalue weighted by Gasteiger charge is -2.40. The molecule has 1 amide bonds. The Morgan fingerprint density at radius 3 is 2.45 bits per heavy atom. The minimum absolute atomic E-state index is 0.0391. The Hall–Kier alpha value is -2.79. The van der Waals surface area contributed by atoms with Crippen LogP contribution in [0, 0.1) is 0 Å². The molecule has 2 fully saturated rings. The number of rotatable bonds is 9. The predicted molar refractivity (Wildman–Crippen MR) is 133 cm³/mol. The molecule has 0 N–H and O–H groups in total. The number of ether oxygens (including phenoxy) is 2. The van der Waals surface area contributed by atoms with Gasteiger partial charge in [-0.05, 0) is 62.9 Å². The number of methoxy groups -OCH3 is 2. The van der Waals surface area contributed by atoms with Crippen LogP contribution in [0.2, 0.25) is 0 Å². The summed E-state index contributed by atoms with van der Waals surface area (Å²) >= 11 is 0. The van der Waals surface area contributed by atoms with Gasteiger partial charge in [-0.15, -0.1) is 0 Å². The largest absolute Gasteiger partial charge is 0.493 e. The van der Waals surface area contributed by atoms with Gasteiger partial charge in [-0.3, -0.25) is 9.69 Å². The number of hydrogen-bond acceptors (Lipinski definition) is 4. The van der Waals surface area contributed by atoms with Gasteiger partial charge < -0.3 is 14.4 Å². The average molecular weight is 449 g/mol. The van der Waals surface area contributed by atoms with E-state index < -0.39 is 0 Å². The SMILES string of the molecule is COc1ccc(C(=O)N(CC(C)=Cc2ccccc2)CC2CCCN2C2CCC2)cc1OC. The van der Waals surface area contributed by atoms with E-state index >= 15 is 0 Å². The summed E-state index contributed by atoms with van der Waals surface area (Å²) in [5, 5.41) is 0. The topological polar surface area (TPSA) is 42.0 Å². The lowest BCUT2D eigenvalue weighted by atomic mass is 9.91. The Balaban J connectivity index is 1.57. The summed E-state index contributed by atoms with van der Waals surface area (Å²) in [4.78, 5) is 18.4. The number of amides is 1. The maximum absolute atomic E-state index is 13.7. The maximum Gasteiger partial charge on any atom is 0.254 e. The summed E-state index contributed by atoms with van der Waals surface area (Å²) in [6.45, 7) is 4.63. The molecule has 176 valence electrons. The van der Waals surface area contributed by atoms with Crippen LogP contribution in [0.1, 0.15) is 54.9 Å². The summed E-state index contributed by atoms with van der Waals surface area (Å²) in [6, 6.07) is 16.9. The van der Waals surface area contributed by atoms with Crippen LogP contribution in [0.15, 0.2) is 54.1 Å². The molecule has 1 unspecified atom stereocenters. The minimum Gasteiger partial charge on any atom is -0.493 e. The van der Waals surface area contributed by atoms with E-state index in [0.717, 1.165) is 25.1 Å². The zero-order chi connectivity index (χ0) is 23.2. The fraction of sp³-hybridized carbons (Fsp3) is 0.464. The van der Waals surface area contributed by atoms with Gasteiger partial charge in [-0.2, -0.15) is 0 Å². The van der Waals surface area contributed by atoms with Crippen molar-refractivity contribution in [3.8, 4) is 11.5 Å². The van der Waals surface area contributed by atoms with Crippen LogP contribution in [0.3, 0.4) is 0 Å². The van der Waals surface area contributed by atoms with Crippen molar-refractivity contribution in [1.82, 2.24) is 9.80 Å². The number of carbonyl (C=O) groups excluding carboxylic acids is 1. The van der Waals surface area contributed by atoms with Crippen molar-refractivity contribution in [2.75, 3.05) is 33.9 Å². The molecule has 2 aliphatic rings. The van der Waals surface area contributed by atoms with Crippen molar-refractivity contribution in [3.05, 3.63) is 65.2 Å². The second-order valence-electron chi connectivity index (χ2n) is 9.28. The van der Waals surface area contributed by atoms with E-state index in [4.69, 9.17) is 9.47 Å². The molecule has 33 heavy (non-hydrogen) atoms. The molecule has 4 rings (SSSR count). The third-order valence-corrected chi connectivity index (χ3v) is 6.97. The lowest BCUT2D eigenvalue weighted by molar-refractivity contribution is 0.0630. The number of nitrogens with zero attached hydrogens (tertiary/aromatic N) is 2. The van der Waals surface area contributed by atoms with Crippen LogP contribution in [0.4, 0.5) is 0 Å². The van der Waals surface area contributed by atoms with Gasteiger partial charge in [0.1, 0.15) is 0 Å². The Labute approximate surface area is 198 Å². The molecule has 1 atom stereocenters. The van der Waals surface area contributed by atoms with Crippen LogP contribution >= 0.6 is 0 Å². The summed E-state index contributed by atoms with van der Waals surface area (Å²) < 4.78 is 10.8. The lowest BCUT2D eigenvalue weighted by Crippen LogP contribution is -2.49. The van der Waals surface area contributed by atoms with E-state index in [0.29, 0.717) is 35.7 Å². The summed E-state index contributed by atoms with van der Waals surface area (Å²) in [7, 11) is 3.21. The van der Waals surface area contributed by atoms with Gasteiger partial charge in [0.05, 0.1) is 14.2 Å². The highest BCUT2D eigenvalue weighted by Crippen LogP contribution is 2.32. The smallest absolute Gasteiger partial charge is 0.254 e. The molecule has 1 aliphatic carbocycles. The summed E-state index contributed by atoms with van der Waals surface area (Å²) in [5.74, 6) is 1.25. The van der Waals surface area contributed by atoms with Crippen molar-refractivity contribution in [2.45, 2.75) is 51.1 Å². The van der Waals surface area contributed by atoms with Crippen LogP contribution < -0.4 is 9.47 Å². The monoisotopic (exact) mass is 448 g/mol. The van der Waals surface area contributed by atoms with Gasteiger partial charge in [0, 0.05) is 30.7 Å². The molecule has 1 heterocycles. The van der Waals surface area contributed by atoms with Gasteiger partial charge in [-0.25, -0.2) is 0 Å². The van der Waals surface area contributed by atoms with E-state index in [1.54, 1.807) is 20.3 Å². The minimum atomic E-state index is 0.0391. The molecule has 0 aromatic heterocycles. The third kappa shape index (κ3) is 5.59. The Bertz CT molecular complexity index is 968. The number of benzene rings is 2. The second kappa shape index (κ2) is 10.9. The first-order chi connectivity index (χ1) is 16.1. The molecule has 0 radical (unpaired) electrons. The fourth-order valence-corrected chi connectivity index (χ4v) is 5.06. The molecule has 0 spiro atoms. The molecule has 5 heteroatoms. The highest BCUT2D eigenvalue weighted by atomic mass is 16.5. The predicted octanol–water partition coefficient (Wildman–Crippen LogP) is 5.27. The van der Waals surface area contributed by atoms with Crippen molar-refractivity contribution in [1.29, 1.82) is 0 Å². The van der Waals surface area contributed by atoms with Crippen LogP contribution in [-0.4, -0.2) is 61.6 Å². The van der Waals surface area contributed by atoms with Crippen LogP contribution in [-0.2, 0) is 0 Å². The van der Waals surface area contributed by atoms with E-state index in [1.807, 2.05) is 35.2 Å². The number of carbonyl (C=O) groups is 1. The molecule has 1 saturated carbocycles. The van der Waals surface area contributed by atoms with Gasteiger partial charge in [0.15, 0.2) is 11.5 Å². The summed E-state index contributed by atoms with van der Waals surface area (Å²) in [6.07, 6.45) is 8.49. The first kappa shape index (κ1) is 23.4. The third-order valence-electron chi connectivity index (χ3n) is 6.97. The molecular weight excluding hydrogens is 412 g/mol. The van der Waals surface area contributed by atoms with Gasteiger partial charge in [0.25, 0.3) is 5.91 Å². The van der Waals surface area contributed by atoms with E-state index in [9.17, 15) is 4.79 Å². The van der Waals surface area contributed by atoms with E-state index in [-0.39, 0.29) is 5.91 Å². The van der Waals surface area contributed by atoms with Gasteiger partial charge in [-0.1, -0.05) is 48.4 Å². The molecule has 5 nitrogen and oxygen atoms in total. The van der Waals surface area contributed by atoms with Crippen molar-refractivity contribution >= 4 is 12.0 Å². The van der Waals surface area contributed by atoms with Crippen molar-refractivity contribution in [2.24, 2.45) is 0 Å². The highest BCUT2D eigenvalue weighted by Gasteiger charge is 2.35. The average Bonchev–Trinajstić information content (AvgIpc) is 3.24. The molecule has 1 saturated heterocycles. The first-order valence-corrected chi connectivity index (χ1v) is 12.1. The van der Waals surface area contributed by atoms with Gasteiger partial charge in [0.2, 0.25) is 0 Å². The second-order valence-corrected chi connectivity index (χ2v) is 9.28. The molecule has 2 aromatic rings. The number of hydrogen-bond donors (Lipinski definition) is 0. The zero-order valence-corrected chi connectivity index (χ0v) is 20.1. The Morgan fingerprint density at radius 1 is 1.03 bits per heavy atom. The maximum atomic E-state index is 13.7. The highest BCUT2D eigenvalue weighted by molar-refractivity contribution is 5.95. The van der Waals surface area contributed by atoms with Crippen molar-refractivity contribution in [3.63, 3.8) is 0 Å². The zero-order valence-electron chi connectivity index (χ0n) is 20.1. The quantitative estimate of drug-likeness (QED) is 0.524. The van der Waals surface area contributed by atoms with E-state index in [1.165, 1.54) is 31.3 Å². The molecule has 0 bridgehead atoms. The normalized spacial score (nSPS) is 19.2. The number of likely N-dealkylation sites (tertiary alicyclic amines) is 1. The summed E-state index contributed by atoms with van der Waals surface area (Å²) in [5.41, 5.74) is 2.96. The van der Waals surface area contributed by atoms with Crippen molar-refractivity contribution < 1.29 is 14.3 Å². The fourth-order valence-electron chi connectivity index (χ4n) is 5.06. The Kier molecular flexibility index (Phi) is 7.71. The van der Waals surface area contributed by atoms with Crippen LogP contribution in [0.25, 0.3) is 6.08 Å². The van der Waals surface area contributed by atoms with Crippen LogP contribution in [0.5, 0.6) is 11.5 Å². The van der Waals surface area contributed by atoms with E-state index in [2.05, 4.69) is 30.0 Å².